The summed E-state index contributed by atoms with van der Waals surface area (Å²) >= 11 is 10.7. The van der Waals surface area contributed by atoms with Gasteiger partial charge in [-0.15, -0.1) is 0 Å². The summed E-state index contributed by atoms with van der Waals surface area (Å²) in [6, 6.07) is 1.56. The molecule has 0 radical (unpaired) electrons. The Bertz CT molecular complexity index is 351. The molecule has 94 valence electrons. The van der Waals surface area contributed by atoms with Crippen LogP contribution < -0.4 is 0 Å². The normalized spacial score (nSPS) is 15.9. The van der Waals surface area contributed by atoms with Crippen LogP contribution in [-0.2, 0) is 4.79 Å². The molecule has 4 nitrogen and oxygen atoms in total. The first-order valence-corrected chi connectivity index (χ1v) is 6.22. The fraction of sp³-hybridized carbons (Fsp3) is 0.545. The Labute approximate surface area is 110 Å². The number of aliphatic carboxylic acids is 1. The quantitative estimate of drug-likeness (QED) is 0.631. The summed E-state index contributed by atoms with van der Waals surface area (Å²) in [5.41, 5.74) is 0. The molecule has 1 heterocycles. The van der Waals surface area contributed by atoms with Crippen molar-refractivity contribution in [2.75, 3.05) is 0 Å². The lowest BCUT2D eigenvalue weighted by atomic mass is 9.90. The van der Waals surface area contributed by atoms with E-state index < -0.39 is 5.97 Å². The zero-order chi connectivity index (χ0) is 12.7. The molecule has 0 aliphatic heterocycles. The van der Waals surface area contributed by atoms with Gasteiger partial charge in [-0.05, 0) is 30.5 Å². The Morgan fingerprint density at radius 1 is 1.29 bits per heavy atom. The molecule has 1 aromatic rings. The third kappa shape index (κ3) is 5.84. The third-order valence-electron chi connectivity index (χ3n) is 2.55. The Morgan fingerprint density at radius 2 is 1.94 bits per heavy atom. The second-order valence-corrected chi connectivity index (χ2v) is 4.55. The smallest absolute Gasteiger partial charge is 0.306 e. The summed E-state index contributed by atoms with van der Waals surface area (Å²) < 4.78 is 0. The molecule has 2 rings (SSSR count). The SMILES string of the molecule is Clc1ccnc(Cl)n1.O=C(O)C1CCCCC1. The van der Waals surface area contributed by atoms with Gasteiger partial charge in [-0.1, -0.05) is 30.9 Å². The zero-order valence-corrected chi connectivity index (χ0v) is 10.8. The topological polar surface area (TPSA) is 63.1 Å². The molecule has 0 atom stereocenters. The molecule has 0 spiro atoms. The van der Waals surface area contributed by atoms with E-state index in [1.165, 1.54) is 12.6 Å². The number of nitrogens with zero attached hydrogens (tertiary/aromatic N) is 2. The lowest BCUT2D eigenvalue weighted by Crippen LogP contribution is -2.16. The number of carbonyl (C=O) groups is 1. The molecule has 17 heavy (non-hydrogen) atoms. The number of carboxylic acid groups (broad SMARTS) is 1. The molecule has 0 bridgehead atoms. The second-order valence-electron chi connectivity index (χ2n) is 3.82. The average Bonchev–Trinajstić information content (AvgIpc) is 2.30. The van der Waals surface area contributed by atoms with Crippen molar-refractivity contribution in [1.29, 1.82) is 0 Å². The van der Waals surface area contributed by atoms with Crippen LogP contribution in [0.25, 0.3) is 0 Å². The fourth-order valence-electron chi connectivity index (χ4n) is 1.66. The molecular weight excluding hydrogens is 263 g/mol. The summed E-state index contributed by atoms with van der Waals surface area (Å²) in [7, 11) is 0. The maximum absolute atomic E-state index is 10.4. The van der Waals surface area contributed by atoms with Crippen molar-refractivity contribution in [3.05, 3.63) is 22.7 Å². The van der Waals surface area contributed by atoms with Gasteiger partial charge < -0.3 is 5.11 Å². The minimum absolute atomic E-state index is 0.0289. The number of hydrogen-bond acceptors (Lipinski definition) is 3. The van der Waals surface area contributed by atoms with Gasteiger partial charge in [0.15, 0.2) is 0 Å². The minimum atomic E-state index is -0.602. The van der Waals surface area contributed by atoms with E-state index in [2.05, 4.69) is 9.97 Å². The number of halogens is 2. The molecule has 0 amide bonds. The molecule has 0 aromatic carbocycles. The molecule has 0 saturated heterocycles. The summed E-state index contributed by atoms with van der Waals surface area (Å²) in [5, 5.41) is 9.08. The van der Waals surface area contributed by atoms with Gasteiger partial charge in [0.1, 0.15) is 5.15 Å². The van der Waals surface area contributed by atoms with Crippen LogP contribution in [0.3, 0.4) is 0 Å². The second kappa shape index (κ2) is 7.45. The van der Waals surface area contributed by atoms with Crippen molar-refractivity contribution in [2.24, 2.45) is 5.92 Å². The van der Waals surface area contributed by atoms with Gasteiger partial charge >= 0.3 is 5.97 Å². The molecule has 1 fully saturated rings. The van der Waals surface area contributed by atoms with Crippen molar-refractivity contribution in [3.63, 3.8) is 0 Å². The van der Waals surface area contributed by atoms with Crippen LogP contribution in [0.4, 0.5) is 0 Å². The molecule has 6 heteroatoms. The highest BCUT2D eigenvalue weighted by molar-refractivity contribution is 6.31. The van der Waals surface area contributed by atoms with Crippen molar-refractivity contribution < 1.29 is 9.90 Å². The number of aromatic nitrogens is 2. The van der Waals surface area contributed by atoms with Crippen LogP contribution in [-0.4, -0.2) is 21.0 Å². The maximum Gasteiger partial charge on any atom is 0.306 e. The first-order valence-electron chi connectivity index (χ1n) is 5.46. The molecule has 0 unspecified atom stereocenters. The van der Waals surface area contributed by atoms with Crippen LogP contribution in [0.5, 0.6) is 0 Å². The predicted octanol–water partition coefficient (Wildman–Crippen LogP) is 3.43. The summed E-state index contributed by atoms with van der Waals surface area (Å²) in [6.45, 7) is 0. The fourth-order valence-corrected chi connectivity index (χ4v) is 1.99. The van der Waals surface area contributed by atoms with Crippen molar-refractivity contribution >= 4 is 29.2 Å². The van der Waals surface area contributed by atoms with Crippen LogP contribution in [0, 0.1) is 5.92 Å². The number of rotatable bonds is 1. The molecule has 1 aliphatic rings. The van der Waals surface area contributed by atoms with Gasteiger partial charge in [-0.3, -0.25) is 4.79 Å². The standard InChI is InChI=1S/C7H12O2.C4H2Cl2N2/c8-7(9)6-4-2-1-3-5-6;5-3-1-2-7-4(6)8-3/h6H,1-5H2,(H,8,9);1-2H. The van der Waals surface area contributed by atoms with Gasteiger partial charge in [0, 0.05) is 6.20 Å². The average molecular weight is 277 g/mol. The van der Waals surface area contributed by atoms with Crippen LogP contribution in [0.2, 0.25) is 10.4 Å². The Hall–Kier alpha value is -0.870. The zero-order valence-electron chi connectivity index (χ0n) is 9.27. The summed E-state index contributed by atoms with van der Waals surface area (Å²) in [6.07, 6.45) is 6.74. The highest BCUT2D eigenvalue weighted by Crippen LogP contribution is 2.23. The van der Waals surface area contributed by atoms with E-state index in [0.717, 1.165) is 25.7 Å². The summed E-state index contributed by atoms with van der Waals surface area (Å²) in [5.74, 6) is -0.631. The highest BCUT2D eigenvalue weighted by atomic mass is 35.5. The minimum Gasteiger partial charge on any atom is -0.481 e. The Morgan fingerprint density at radius 3 is 2.29 bits per heavy atom. The number of carboxylic acids is 1. The first-order chi connectivity index (χ1) is 8.09. The molecular formula is C11H14Cl2N2O2. The van der Waals surface area contributed by atoms with E-state index in [9.17, 15) is 4.79 Å². The van der Waals surface area contributed by atoms with E-state index in [4.69, 9.17) is 28.3 Å². The van der Waals surface area contributed by atoms with E-state index in [-0.39, 0.29) is 11.2 Å². The predicted molar refractivity (Wildman–Crippen MR) is 66.3 cm³/mol. The van der Waals surface area contributed by atoms with Gasteiger partial charge in [0.25, 0.3) is 0 Å². The maximum atomic E-state index is 10.4. The lowest BCUT2D eigenvalue weighted by molar-refractivity contribution is -0.142. The highest BCUT2D eigenvalue weighted by Gasteiger charge is 2.19. The van der Waals surface area contributed by atoms with Crippen LogP contribution in [0.15, 0.2) is 12.3 Å². The van der Waals surface area contributed by atoms with Crippen molar-refractivity contribution in [1.82, 2.24) is 9.97 Å². The van der Waals surface area contributed by atoms with Gasteiger partial charge in [0.05, 0.1) is 5.92 Å². The Balaban J connectivity index is 0.000000171. The van der Waals surface area contributed by atoms with Crippen LogP contribution >= 0.6 is 23.2 Å². The molecule has 1 saturated carbocycles. The molecule has 1 N–H and O–H groups in total. The Kier molecular flexibility index (Phi) is 6.22. The molecule has 1 aliphatic carbocycles. The molecule has 1 aromatic heterocycles. The van der Waals surface area contributed by atoms with E-state index >= 15 is 0 Å². The van der Waals surface area contributed by atoms with E-state index in [0.29, 0.717) is 5.15 Å². The summed E-state index contributed by atoms with van der Waals surface area (Å²) in [4.78, 5) is 17.6. The van der Waals surface area contributed by atoms with E-state index in [1.807, 2.05) is 0 Å². The monoisotopic (exact) mass is 276 g/mol. The van der Waals surface area contributed by atoms with Gasteiger partial charge in [-0.25, -0.2) is 9.97 Å². The number of hydrogen-bond donors (Lipinski definition) is 1. The van der Waals surface area contributed by atoms with Crippen LogP contribution in [0.1, 0.15) is 32.1 Å². The lowest BCUT2D eigenvalue weighted by Gasteiger charge is -2.16. The first kappa shape index (κ1) is 14.2. The third-order valence-corrected chi connectivity index (χ3v) is 2.94. The van der Waals surface area contributed by atoms with Gasteiger partial charge in [0.2, 0.25) is 5.28 Å². The van der Waals surface area contributed by atoms with Gasteiger partial charge in [-0.2, -0.15) is 0 Å². The van der Waals surface area contributed by atoms with Crippen molar-refractivity contribution in [2.45, 2.75) is 32.1 Å². The largest absolute Gasteiger partial charge is 0.481 e. The van der Waals surface area contributed by atoms with Crippen molar-refractivity contribution in [3.8, 4) is 0 Å². The van der Waals surface area contributed by atoms with E-state index in [1.54, 1.807) is 6.07 Å².